The van der Waals surface area contributed by atoms with Gasteiger partial charge in [-0.05, 0) is 42.2 Å². The Labute approximate surface area is 138 Å². The van der Waals surface area contributed by atoms with Gasteiger partial charge in [0.25, 0.3) is 0 Å². The molecular weight excluding hydrogens is 317 g/mol. The van der Waals surface area contributed by atoms with E-state index in [0.29, 0.717) is 11.1 Å². The van der Waals surface area contributed by atoms with Crippen LogP contribution in [0.2, 0.25) is 0 Å². The van der Waals surface area contributed by atoms with Crippen molar-refractivity contribution in [2.75, 3.05) is 0 Å². The Morgan fingerprint density at radius 2 is 1.71 bits per heavy atom. The zero-order valence-corrected chi connectivity index (χ0v) is 13.3. The molecule has 0 radical (unpaired) electrons. The SMILES string of the molecule is C=C(C)c1cc(C=O)ccc1-c1ccc(C(C)(O)C(F)(F)F)cc1. The normalized spacial score (nSPS) is 14.1. The van der Waals surface area contributed by atoms with Crippen LogP contribution in [0.3, 0.4) is 0 Å². The van der Waals surface area contributed by atoms with Gasteiger partial charge in [-0.1, -0.05) is 48.6 Å². The second-order valence-electron chi connectivity index (χ2n) is 5.85. The van der Waals surface area contributed by atoms with Crippen LogP contribution in [-0.4, -0.2) is 17.6 Å². The number of benzene rings is 2. The number of carbonyl (C=O) groups is 1. The maximum Gasteiger partial charge on any atom is 0.421 e. The van der Waals surface area contributed by atoms with Crippen LogP contribution in [0.15, 0.2) is 49.0 Å². The van der Waals surface area contributed by atoms with E-state index in [4.69, 9.17) is 0 Å². The molecule has 0 amide bonds. The molecular formula is C19H17F3O2. The van der Waals surface area contributed by atoms with Crippen LogP contribution < -0.4 is 0 Å². The van der Waals surface area contributed by atoms with Gasteiger partial charge in [0.2, 0.25) is 0 Å². The standard InChI is InChI=1S/C19H17F3O2/c1-12(2)17-10-13(11-23)4-9-16(17)14-5-7-15(8-6-14)18(3,24)19(20,21)22/h4-11,24H,1H2,2-3H3. The molecule has 2 nitrogen and oxygen atoms in total. The Hall–Kier alpha value is -2.40. The Bertz CT molecular complexity index is 772. The number of hydrogen-bond acceptors (Lipinski definition) is 2. The first-order valence-electron chi connectivity index (χ1n) is 7.23. The van der Waals surface area contributed by atoms with E-state index in [1.54, 1.807) is 25.1 Å². The minimum absolute atomic E-state index is 0.236. The molecule has 0 aliphatic heterocycles. The fourth-order valence-electron chi connectivity index (χ4n) is 2.38. The van der Waals surface area contributed by atoms with Crippen LogP contribution in [0, 0.1) is 0 Å². The Morgan fingerprint density at radius 1 is 1.12 bits per heavy atom. The fraction of sp³-hybridized carbons (Fsp3) is 0.211. The van der Waals surface area contributed by atoms with Gasteiger partial charge in [-0.3, -0.25) is 4.79 Å². The third-order valence-electron chi connectivity index (χ3n) is 3.95. The average Bonchev–Trinajstić information content (AvgIpc) is 2.53. The summed E-state index contributed by atoms with van der Waals surface area (Å²) in [4.78, 5) is 10.9. The molecule has 0 aliphatic rings. The first-order chi connectivity index (χ1) is 11.1. The molecule has 1 unspecified atom stereocenters. The van der Waals surface area contributed by atoms with Crippen molar-refractivity contribution in [3.05, 3.63) is 65.7 Å². The van der Waals surface area contributed by atoms with Gasteiger partial charge in [-0.15, -0.1) is 0 Å². The number of aliphatic hydroxyl groups is 1. The highest BCUT2D eigenvalue weighted by Crippen LogP contribution is 2.39. The van der Waals surface area contributed by atoms with E-state index in [2.05, 4.69) is 6.58 Å². The number of allylic oxidation sites excluding steroid dienone is 1. The maximum atomic E-state index is 12.9. The molecule has 2 aromatic rings. The van der Waals surface area contributed by atoms with Crippen molar-refractivity contribution in [2.24, 2.45) is 0 Å². The van der Waals surface area contributed by atoms with Crippen molar-refractivity contribution in [3.8, 4) is 11.1 Å². The summed E-state index contributed by atoms with van der Waals surface area (Å²) in [5.41, 5.74) is 0.256. The summed E-state index contributed by atoms with van der Waals surface area (Å²) in [7, 11) is 0. The smallest absolute Gasteiger partial charge is 0.376 e. The number of halogens is 3. The zero-order chi connectivity index (χ0) is 18.1. The lowest BCUT2D eigenvalue weighted by Gasteiger charge is -2.26. The molecule has 0 saturated heterocycles. The van der Waals surface area contributed by atoms with Gasteiger partial charge in [0.05, 0.1) is 0 Å². The first-order valence-corrected chi connectivity index (χ1v) is 7.23. The van der Waals surface area contributed by atoms with E-state index < -0.39 is 11.8 Å². The third-order valence-corrected chi connectivity index (χ3v) is 3.95. The molecule has 0 fully saturated rings. The molecule has 0 aliphatic carbocycles. The summed E-state index contributed by atoms with van der Waals surface area (Å²) >= 11 is 0. The summed E-state index contributed by atoms with van der Waals surface area (Å²) in [6.45, 7) is 6.38. The lowest BCUT2D eigenvalue weighted by atomic mass is 9.90. The van der Waals surface area contributed by atoms with Gasteiger partial charge in [0.15, 0.2) is 5.60 Å². The van der Waals surface area contributed by atoms with Crippen LogP contribution >= 0.6 is 0 Å². The number of hydrogen-bond donors (Lipinski definition) is 1. The molecule has 1 N–H and O–H groups in total. The van der Waals surface area contributed by atoms with Crippen molar-refractivity contribution in [2.45, 2.75) is 25.6 Å². The first kappa shape index (κ1) is 17.9. The van der Waals surface area contributed by atoms with Gasteiger partial charge in [0, 0.05) is 5.56 Å². The number of rotatable bonds is 4. The molecule has 2 aromatic carbocycles. The van der Waals surface area contributed by atoms with E-state index in [9.17, 15) is 23.1 Å². The molecule has 126 valence electrons. The van der Waals surface area contributed by atoms with Crippen molar-refractivity contribution in [1.29, 1.82) is 0 Å². The molecule has 2 rings (SSSR count). The molecule has 5 heteroatoms. The molecule has 0 spiro atoms. The monoisotopic (exact) mass is 334 g/mol. The largest absolute Gasteiger partial charge is 0.421 e. The van der Waals surface area contributed by atoms with E-state index in [1.807, 2.05) is 0 Å². The van der Waals surface area contributed by atoms with Crippen molar-refractivity contribution in [3.63, 3.8) is 0 Å². The van der Waals surface area contributed by atoms with E-state index in [-0.39, 0.29) is 5.56 Å². The summed E-state index contributed by atoms with van der Waals surface area (Å²) in [5.74, 6) is 0. The number of aldehydes is 1. The van der Waals surface area contributed by atoms with Crippen molar-refractivity contribution >= 4 is 11.9 Å². The summed E-state index contributed by atoms with van der Waals surface area (Å²) in [6, 6.07) is 10.6. The Morgan fingerprint density at radius 3 is 2.17 bits per heavy atom. The average molecular weight is 334 g/mol. The summed E-state index contributed by atoms with van der Waals surface area (Å²) < 4.78 is 38.7. The van der Waals surface area contributed by atoms with Gasteiger partial charge >= 0.3 is 6.18 Å². The lowest BCUT2D eigenvalue weighted by Crippen LogP contribution is -2.39. The van der Waals surface area contributed by atoms with Crippen LogP contribution in [0.5, 0.6) is 0 Å². The fourth-order valence-corrected chi connectivity index (χ4v) is 2.38. The minimum atomic E-state index is -4.76. The predicted octanol–water partition coefficient (Wildman–Crippen LogP) is 4.97. The van der Waals surface area contributed by atoms with Gasteiger partial charge in [-0.25, -0.2) is 0 Å². The Kier molecular flexibility index (Phi) is 4.67. The summed E-state index contributed by atoms with van der Waals surface area (Å²) in [5, 5.41) is 9.72. The van der Waals surface area contributed by atoms with Crippen molar-refractivity contribution < 1.29 is 23.1 Å². The van der Waals surface area contributed by atoms with Crippen LogP contribution in [0.1, 0.15) is 35.3 Å². The molecule has 0 aromatic heterocycles. The predicted molar refractivity (Wildman–Crippen MR) is 87.6 cm³/mol. The quantitative estimate of drug-likeness (QED) is 0.802. The molecule has 24 heavy (non-hydrogen) atoms. The van der Waals surface area contributed by atoms with E-state index in [1.165, 1.54) is 24.3 Å². The molecule has 1 atom stereocenters. The third kappa shape index (κ3) is 3.26. The molecule has 0 heterocycles. The number of carbonyl (C=O) groups excluding carboxylic acids is 1. The van der Waals surface area contributed by atoms with Gasteiger partial charge < -0.3 is 5.11 Å². The number of alkyl halides is 3. The van der Waals surface area contributed by atoms with Crippen LogP contribution in [-0.2, 0) is 5.60 Å². The van der Waals surface area contributed by atoms with Gasteiger partial charge in [0.1, 0.15) is 6.29 Å². The van der Waals surface area contributed by atoms with Crippen molar-refractivity contribution in [1.82, 2.24) is 0 Å². The van der Waals surface area contributed by atoms with Crippen LogP contribution in [0.4, 0.5) is 13.2 Å². The van der Waals surface area contributed by atoms with Gasteiger partial charge in [-0.2, -0.15) is 13.2 Å². The highest BCUT2D eigenvalue weighted by molar-refractivity contribution is 5.85. The van der Waals surface area contributed by atoms with E-state index >= 15 is 0 Å². The summed E-state index contributed by atoms with van der Waals surface area (Å²) in [6.07, 6.45) is -4.04. The Balaban J connectivity index is 2.49. The molecule has 0 saturated carbocycles. The molecule has 0 bridgehead atoms. The second kappa shape index (κ2) is 6.24. The maximum absolute atomic E-state index is 12.9. The highest BCUT2D eigenvalue weighted by atomic mass is 19.4. The van der Waals surface area contributed by atoms with E-state index in [0.717, 1.165) is 29.9 Å². The zero-order valence-electron chi connectivity index (χ0n) is 13.3. The lowest BCUT2D eigenvalue weighted by molar-refractivity contribution is -0.258. The highest BCUT2D eigenvalue weighted by Gasteiger charge is 2.51. The minimum Gasteiger partial charge on any atom is -0.376 e. The topological polar surface area (TPSA) is 37.3 Å². The second-order valence-corrected chi connectivity index (χ2v) is 5.85. The van der Waals surface area contributed by atoms with Crippen LogP contribution in [0.25, 0.3) is 16.7 Å².